The average molecular weight is 439 g/mol. The molecule has 0 heterocycles. The third-order valence-electron chi connectivity index (χ3n) is 4.98. The van der Waals surface area contributed by atoms with Crippen LogP contribution in [0.15, 0.2) is 77.7 Å². The molecule has 7 heteroatoms. The van der Waals surface area contributed by atoms with Gasteiger partial charge >= 0.3 is 0 Å². The fourth-order valence-electron chi connectivity index (χ4n) is 3.14. The van der Waals surface area contributed by atoms with Crippen LogP contribution in [0.3, 0.4) is 0 Å². The van der Waals surface area contributed by atoms with E-state index in [0.717, 1.165) is 16.9 Å². The molecular formula is C24H26N2O4S. The first-order chi connectivity index (χ1) is 14.8. The van der Waals surface area contributed by atoms with Gasteiger partial charge < -0.3 is 9.64 Å². The van der Waals surface area contributed by atoms with E-state index < -0.39 is 10.0 Å². The number of sulfonamides is 1. The largest absolute Gasteiger partial charge is 0.497 e. The van der Waals surface area contributed by atoms with Crippen LogP contribution < -0.4 is 9.46 Å². The first kappa shape index (κ1) is 22.5. The Balaban J connectivity index is 1.76. The van der Waals surface area contributed by atoms with E-state index in [1.807, 2.05) is 54.6 Å². The summed E-state index contributed by atoms with van der Waals surface area (Å²) in [5, 5.41) is 0. The predicted octanol–water partition coefficient (Wildman–Crippen LogP) is 3.75. The van der Waals surface area contributed by atoms with Gasteiger partial charge in [-0.1, -0.05) is 48.5 Å². The Bertz CT molecular complexity index is 1140. The Labute approximate surface area is 183 Å². The van der Waals surface area contributed by atoms with Crippen molar-refractivity contribution in [3.8, 4) is 5.75 Å². The summed E-state index contributed by atoms with van der Waals surface area (Å²) < 4.78 is 33.3. The summed E-state index contributed by atoms with van der Waals surface area (Å²) in [7, 11) is -0.463. The Morgan fingerprint density at radius 2 is 1.65 bits per heavy atom. The molecule has 0 radical (unpaired) electrons. The van der Waals surface area contributed by atoms with Crippen LogP contribution in [0.5, 0.6) is 5.75 Å². The van der Waals surface area contributed by atoms with E-state index in [4.69, 9.17) is 4.74 Å². The van der Waals surface area contributed by atoms with Crippen molar-refractivity contribution >= 4 is 15.9 Å². The van der Waals surface area contributed by atoms with Crippen LogP contribution in [0.4, 0.5) is 0 Å². The second-order valence-corrected chi connectivity index (χ2v) is 9.06. The summed E-state index contributed by atoms with van der Waals surface area (Å²) in [6.45, 7) is 2.37. The number of benzene rings is 3. The second-order valence-electron chi connectivity index (χ2n) is 7.30. The van der Waals surface area contributed by atoms with Gasteiger partial charge in [0.2, 0.25) is 10.0 Å². The van der Waals surface area contributed by atoms with E-state index in [9.17, 15) is 13.2 Å². The van der Waals surface area contributed by atoms with Crippen LogP contribution in [0.1, 0.15) is 27.0 Å². The van der Waals surface area contributed by atoms with Gasteiger partial charge in [0.15, 0.2) is 0 Å². The minimum Gasteiger partial charge on any atom is -0.497 e. The molecule has 1 N–H and O–H groups in total. The lowest BCUT2D eigenvalue weighted by atomic mass is 10.1. The molecule has 0 atom stereocenters. The highest BCUT2D eigenvalue weighted by atomic mass is 32.2. The summed E-state index contributed by atoms with van der Waals surface area (Å²) in [6, 6.07) is 21.3. The van der Waals surface area contributed by atoms with Crippen LogP contribution in [-0.2, 0) is 23.1 Å². The molecule has 3 aromatic rings. The molecule has 6 nitrogen and oxygen atoms in total. The van der Waals surface area contributed by atoms with E-state index in [0.29, 0.717) is 17.7 Å². The maximum Gasteiger partial charge on any atom is 0.254 e. The first-order valence-corrected chi connectivity index (χ1v) is 11.3. The number of nitrogens with zero attached hydrogens (tertiary/aromatic N) is 1. The van der Waals surface area contributed by atoms with Crippen molar-refractivity contribution in [2.75, 3.05) is 14.2 Å². The van der Waals surface area contributed by atoms with Gasteiger partial charge in [0.25, 0.3) is 5.91 Å². The minimum absolute atomic E-state index is 0.0650. The number of amides is 1. The summed E-state index contributed by atoms with van der Waals surface area (Å²) in [6.07, 6.45) is 0. The summed E-state index contributed by atoms with van der Waals surface area (Å²) in [5.74, 6) is 0.503. The van der Waals surface area contributed by atoms with Gasteiger partial charge in [-0.3, -0.25) is 4.79 Å². The van der Waals surface area contributed by atoms with Crippen molar-refractivity contribution in [3.63, 3.8) is 0 Å². The number of carbonyl (C=O) groups excluding carboxylic acids is 1. The Morgan fingerprint density at radius 1 is 0.968 bits per heavy atom. The minimum atomic E-state index is -3.76. The van der Waals surface area contributed by atoms with Crippen LogP contribution in [0.2, 0.25) is 0 Å². The molecule has 3 aromatic carbocycles. The third-order valence-corrected chi connectivity index (χ3v) is 6.38. The molecule has 0 aliphatic rings. The Morgan fingerprint density at radius 3 is 2.29 bits per heavy atom. The zero-order chi connectivity index (χ0) is 22.4. The molecule has 0 saturated carbocycles. The van der Waals surface area contributed by atoms with Crippen LogP contribution in [0.25, 0.3) is 0 Å². The predicted molar refractivity (Wildman–Crippen MR) is 120 cm³/mol. The molecule has 0 saturated heterocycles. The summed E-state index contributed by atoms with van der Waals surface area (Å²) >= 11 is 0. The zero-order valence-electron chi connectivity index (χ0n) is 17.8. The monoisotopic (exact) mass is 438 g/mol. The standard InChI is InChI=1S/C24H26N2O4S/c1-18-9-14-22(31(28,29)25-16-19-7-5-4-6-8-19)15-23(18)24(27)26(2)17-20-10-12-21(30-3)13-11-20/h4-15,25H,16-17H2,1-3H3. The van der Waals surface area contributed by atoms with Gasteiger partial charge in [-0.05, 0) is 47.9 Å². The highest BCUT2D eigenvalue weighted by Gasteiger charge is 2.20. The van der Waals surface area contributed by atoms with E-state index in [1.165, 1.54) is 12.1 Å². The Kier molecular flexibility index (Phi) is 7.09. The molecule has 0 aromatic heterocycles. The molecule has 0 aliphatic carbocycles. The van der Waals surface area contributed by atoms with Crippen molar-refractivity contribution < 1.29 is 17.9 Å². The summed E-state index contributed by atoms with van der Waals surface area (Å²) in [5.41, 5.74) is 2.88. The molecule has 3 rings (SSSR count). The van der Waals surface area contributed by atoms with Crippen LogP contribution in [0, 0.1) is 6.92 Å². The molecule has 31 heavy (non-hydrogen) atoms. The van der Waals surface area contributed by atoms with Crippen LogP contribution >= 0.6 is 0 Å². The van der Waals surface area contributed by atoms with Gasteiger partial charge in [0.1, 0.15) is 5.75 Å². The molecule has 0 aliphatic heterocycles. The molecule has 0 fully saturated rings. The maximum absolute atomic E-state index is 13.0. The maximum atomic E-state index is 13.0. The normalized spacial score (nSPS) is 11.2. The van der Waals surface area contributed by atoms with Gasteiger partial charge in [0, 0.05) is 25.7 Å². The van der Waals surface area contributed by atoms with Gasteiger partial charge in [0.05, 0.1) is 12.0 Å². The number of methoxy groups -OCH3 is 1. The number of carbonyl (C=O) groups is 1. The quantitative estimate of drug-likeness (QED) is 0.581. The number of hydrogen-bond acceptors (Lipinski definition) is 4. The lowest BCUT2D eigenvalue weighted by Crippen LogP contribution is -2.28. The zero-order valence-corrected chi connectivity index (χ0v) is 18.6. The summed E-state index contributed by atoms with van der Waals surface area (Å²) in [4.78, 5) is 14.7. The first-order valence-electron chi connectivity index (χ1n) is 9.83. The Hall–Kier alpha value is -3.16. The van der Waals surface area contributed by atoms with Crippen molar-refractivity contribution in [1.29, 1.82) is 0 Å². The molecule has 0 spiro atoms. The lowest BCUT2D eigenvalue weighted by molar-refractivity contribution is 0.0784. The highest BCUT2D eigenvalue weighted by molar-refractivity contribution is 7.89. The number of aryl methyl sites for hydroxylation is 1. The van der Waals surface area contributed by atoms with E-state index in [2.05, 4.69) is 4.72 Å². The van der Waals surface area contributed by atoms with Gasteiger partial charge in [-0.2, -0.15) is 0 Å². The van der Waals surface area contributed by atoms with E-state index in [-0.39, 0.29) is 17.3 Å². The van der Waals surface area contributed by atoms with Gasteiger partial charge in [-0.25, -0.2) is 13.1 Å². The SMILES string of the molecule is COc1ccc(CN(C)C(=O)c2cc(S(=O)(=O)NCc3ccccc3)ccc2C)cc1. The van der Waals surface area contributed by atoms with Gasteiger partial charge in [-0.15, -0.1) is 0 Å². The number of rotatable bonds is 8. The van der Waals surface area contributed by atoms with Crippen LogP contribution in [-0.4, -0.2) is 33.4 Å². The number of hydrogen-bond donors (Lipinski definition) is 1. The van der Waals surface area contributed by atoms with Crippen molar-refractivity contribution in [3.05, 3.63) is 95.1 Å². The van der Waals surface area contributed by atoms with E-state index >= 15 is 0 Å². The highest BCUT2D eigenvalue weighted by Crippen LogP contribution is 2.19. The number of ether oxygens (including phenoxy) is 1. The molecular weight excluding hydrogens is 412 g/mol. The molecule has 162 valence electrons. The topological polar surface area (TPSA) is 75.7 Å². The average Bonchev–Trinajstić information content (AvgIpc) is 2.78. The van der Waals surface area contributed by atoms with Crippen molar-refractivity contribution in [2.45, 2.75) is 24.9 Å². The van der Waals surface area contributed by atoms with E-state index in [1.54, 1.807) is 32.0 Å². The fourth-order valence-corrected chi connectivity index (χ4v) is 4.18. The lowest BCUT2D eigenvalue weighted by Gasteiger charge is -2.19. The second kappa shape index (κ2) is 9.76. The third kappa shape index (κ3) is 5.71. The molecule has 0 bridgehead atoms. The smallest absolute Gasteiger partial charge is 0.254 e. The fraction of sp³-hybridized carbons (Fsp3) is 0.208. The number of nitrogens with one attached hydrogen (secondary N) is 1. The van der Waals surface area contributed by atoms with Crippen molar-refractivity contribution in [2.24, 2.45) is 0 Å². The van der Waals surface area contributed by atoms with Crippen molar-refractivity contribution in [1.82, 2.24) is 9.62 Å². The molecule has 0 unspecified atom stereocenters. The molecule has 1 amide bonds.